The summed E-state index contributed by atoms with van der Waals surface area (Å²) in [5, 5.41) is 2.85. The molecule has 0 saturated carbocycles. The van der Waals surface area contributed by atoms with Crippen LogP contribution in [0.2, 0.25) is 0 Å². The second kappa shape index (κ2) is 8.71. The van der Waals surface area contributed by atoms with Gasteiger partial charge in [-0.05, 0) is 31.4 Å². The molecule has 2 rings (SSSR count). The highest BCUT2D eigenvalue weighted by Crippen LogP contribution is 2.27. The molecule has 0 fully saturated rings. The second-order valence-electron chi connectivity index (χ2n) is 6.72. The lowest BCUT2D eigenvalue weighted by atomic mass is 10.0. The number of hydrogen-bond donors (Lipinski definition) is 1. The zero-order valence-corrected chi connectivity index (χ0v) is 15.3. The van der Waals surface area contributed by atoms with Crippen molar-refractivity contribution < 1.29 is 23.9 Å². The van der Waals surface area contributed by atoms with Crippen molar-refractivity contribution in [1.82, 2.24) is 10.2 Å². The monoisotopic (exact) mass is 360 g/mol. The number of nitrogens with zero attached hydrogens (tertiary/aromatic N) is 1. The van der Waals surface area contributed by atoms with Crippen LogP contribution in [0.5, 0.6) is 0 Å². The second-order valence-corrected chi connectivity index (χ2v) is 6.72. The highest BCUT2D eigenvalue weighted by atomic mass is 16.5. The summed E-state index contributed by atoms with van der Waals surface area (Å²) in [5.74, 6) is -1.48. The minimum absolute atomic E-state index is 0.0139. The van der Waals surface area contributed by atoms with E-state index in [0.717, 1.165) is 4.90 Å². The molecule has 0 radical (unpaired) electrons. The van der Waals surface area contributed by atoms with Crippen LogP contribution < -0.4 is 5.32 Å². The summed E-state index contributed by atoms with van der Waals surface area (Å²) < 4.78 is 5.24. The molecule has 0 bridgehead atoms. The third-order valence-corrected chi connectivity index (χ3v) is 4.00. The molecule has 1 aromatic carbocycles. The van der Waals surface area contributed by atoms with Crippen molar-refractivity contribution in [2.24, 2.45) is 5.92 Å². The average Bonchev–Trinajstić information content (AvgIpc) is 2.83. The molecule has 0 saturated heterocycles. The largest absolute Gasteiger partial charge is 0.463 e. The van der Waals surface area contributed by atoms with E-state index in [1.807, 2.05) is 13.8 Å². The van der Waals surface area contributed by atoms with Crippen molar-refractivity contribution >= 4 is 23.6 Å². The molecule has 1 atom stereocenters. The highest BCUT2D eigenvalue weighted by Gasteiger charge is 2.43. The first-order valence-electron chi connectivity index (χ1n) is 8.66. The minimum atomic E-state index is -0.963. The van der Waals surface area contributed by atoms with Crippen LogP contribution >= 0.6 is 0 Å². The number of carbonyl (C=O) groups is 4. The number of Topliss-reactive ketones (excluding diaryl/α,β-unsaturated/α-hetero) is 1. The van der Waals surface area contributed by atoms with Crippen LogP contribution in [-0.4, -0.2) is 54.2 Å². The third kappa shape index (κ3) is 4.54. The van der Waals surface area contributed by atoms with E-state index in [4.69, 9.17) is 4.74 Å². The van der Waals surface area contributed by atoms with Crippen LogP contribution in [0.25, 0.3) is 0 Å². The van der Waals surface area contributed by atoms with Gasteiger partial charge < -0.3 is 10.1 Å². The molecular formula is C19H24N2O5. The Kier molecular flexibility index (Phi) is 6.63. The first kappa shape index (κ1) is 19.8. The Bertz CT molecular complexity index is 679. The maximum atomic E-state index is 12.6. The maximum Gasteiger partial charge on any atom is 0.329 e. The fourth-order valence-corrected chi connectivity index (χ4v) is 2.83. The first-order valence-corrected chi connectivity index (χ1v) is 8.66. The van der Waals surface area contributed by atoms with Crippen LogP contribution in [0.15, 0.2) is 24.3 Å². The number of ether oxygens (including phenoxy) is 1. The molecule has 26 heavy (non-hydrogen) atoms. The molecule has 0 aliphatic carbocycles. The van der Waals surface area contributed by atoms with E-state index >= 15 is 0 Å². The van der Waals surface area contributed by atoms with Crippen molar-refractivity contribution in [2.75, 3.05) is 19.7 Å². The molecule has 7 nitrogen and oxygen atoms in total. The van der Waals surface area contributed by atoms with Crippen molar-refractivity contribution in [2.45, 2.75) is 33.2 Å². The van der Waals surface area contributed by atoms with Crippen LogP contribution in [0.4, 0.5) is 0 Å². The summed E-state index contributed by atoms with van der Waals surface area (Å²) in [5.41, 5.74) is 0.615. The highest BCUT2D eigenvalue weighted by molar-refractivity contribution is 6.22. The molecular weight excluding hydrogens is 336 g/mol. The van der Waals surface area contributed by atoms with E-state index in [1.165, 1.54) is 6.92 Å². The van der Waals surface area contributed by atoms with Crippen molar-refractivity contribution in [3.8, 4) is 0 Å². The average molecular weight is 360 g/mol. The number of amides is 2. The summed E-state index contributed by atoms with van der Waals surface area (Å²) >= 11 is 0. The Morgan fingerprint density at radius 3 is 2.19 bits per heavy atom. The van der Waals surface area contributed by atoms with Gasteiger partial charge >= 0.3 is 5.97 Å². The maximum absolute atomic E-state index is 12.6. The first-order chi connectivity index (χ1) is 12.3. The fraction of sp³-hybridized carbons (Fsp3) is 0.474. The van der Waals surface area contributed by atoms with E-state index in [2.05, 4.69) is 5.32 Å². The molecule has 0 aromatic heterocycles. The Morgan fingerprint density at radius 2 is 1.69 bits per heavy atom. The number of esters is 1. The standard InChI is InChI=1S/C19H24N2O5/c1-12(2)10-16(19(25)26-9-8-20-11-13(3)22)21-17(23)14-6-4-5-7-15(14)18(21)24/h4-7,12,16,20H,8-11H2,1-3H3. The predicted octanol–water partition coefficient (Wildman–Crippen LogP) is 1.42. The number of fused-ring (bicyclic) bond motifs is 1. The molecule has 1 heterocycles. The van der Waals surface area contributed by atoms with Crippen LogP contribution in [0, 0.1) is 5.92 Å². The SMILES string of the molecule is CC(=O)CNCCOC(=O)C(CC(C)C)N1C(=O)c2ccccc2C1=O. The number of hydrogen-bond acceptors (Lipinski definition) is 6. The topological polar surface area (TPSA) is 92.8 Å². The van der Waals surface area contributed by atoms with Gasteiger partial charge in [0.15, 0.2) is 0 Å². The molecule has 0 spiro atoms. The Balaban J connectivity index is 2.08. The van der Waals surface area contributed by atoms with Gasteiger partial charge in [-0.2, -0.15) is 0 Å². The van der Waals surface area contributed by atoms with Gasteiger partial charge in [-0.15, -0.1) is 0 Å². The molecule has 1 aromatic rings. The summed E-state index contributed by atoms with van der Waals surface area (Å²) in [4.78, 5) is 49.7. The van der Waals surface area contributed by atoms with Crippen molar-refractivity contribution in [1.29, 1.82) is 0 Å². The van der Waals surface area contributed by atoms with Gasteiger partial charge in [0.1, 0.15) is 18.4 Å². The molecule has 1 aliphatic rings. The molecule has 7 heteroatoms. The lowest BCUT2D eigenvalue weighted by Crippen LogP contribution is -2.46. The van der Waals surface area contributed by atoms with Gasteiger partial charge in [0.25, 0.3) is 11.8 Å². The minimum Gasteiger partial charge on any atom is -0.463 e. The molecule has 2 amide bonds. The molecule has 1 N–H and O–H groups in total. The molecule has 1 unspecified atom stereocenters. The predicted molar refractivity (Wildman–Crippen MR) is 94.7 cm³/mol. The van der Waals surface area contributed by atoms with Crippen molar-refractivity contribution in [3.63, 3.8) is 0 Å². The number of imide groups is 1. The lowest BCUT2D eigenvalue weighted by molar-refractivity contribution is -0.148. The van der Waals surface area contributed by atoms with Gasteiger partial charge in [-0.25, -0.2) is 4.79 Å². The Hall–Kier alpha value is -2.54. The summed E-state index contributed by atoms with van der Waals surface area (Å²) in [7, 11) is 0. The van der Waals surface area contributed by atoms with E-state index in [1.54, 1.807) is 24.3 Å². The normalized spacial score (nSPS) is 14.5. The zero-order chi connectivity index (χ0) is 19.3. The summed E-state index contributed by atoms with van der Waals surface area (Å²) in [6.07, 6.45) is 0.325. The van der Waals surface area contributed by atoms with E-state index in [0.29, 0.717) is 24.1 Å². The van der Waals surface area contributed by atoms with Gasteiger partial charge in [-0.3, -0.25) is 19.3 Å². The Labute approximate surface area is 152 Å². The number of nitrogens with one attached hydrogen (secondary N) is 1. The van der Waals surface area contributed by atoms with Gasteiger partial charge in [0.2, 0.25) is 0 Å². The number of carbonyl (C=O) groups excluding carboxylic acids is 4. The summed E-state index contributed by atoms with van der Waals surface area (Å²) in [6, 6.07) is 5.57. The Morgan fingerprint density at radius 1 is 1.12 bits per heavy atom. The van der Waals surface area contributed by atoms with Gasteiger partial charge in [0.05, 0.1) is 17.7 Å². The van der Waals surface area contributed by atoms with Gasteiger partial charge in [0, 0.05) is 6.54 Å². The number of rotatable bonds is 9. The van der Waals surface area contributed by atoms with E-state index in [9.17, 15) is 19.2 Å². The quantitative estimate of drug-likeness (QED) is 0.407. The smallest absolute Gasteiger partial charge is 0.329 e. The van der Waals surface area contributed by atoms with Crippen LogP contribution in [-0.2, 0) is 14.3 Å². The zero-order valence-electron chi connectivity index (χ0n) is 15.3. The molecule has 140 valence electrons. The third-order valence-electron chi connectivity index (χ3n) is 4.00. The van der Waals surface area contributed by atoms with Crippen LogP contribution in [0.1, 0.15) is 47.9 Å². The van der Waals surface area contributed by atoms with Gasteiger partial charge in [-0.1, -0.05) is 26.0 Å². The van der Waals surface area contributed by atoms with Crippen molar-refractivity contribution in [3.05, 3.63) is 35.4 Å². The van der Waals surface area contributed by atoms with E-state index in [-0.39, 0.29) is 24.9 Å². The molecule has 1 aliphatic heterocycles. The van der Waals surface area contributed by atoms with Crippen LogP contribution in [0.3, 0.4) is 0 Å². The van der Waals surface area contributed by atoms with E-state index < -0.39 is 23.8 Å². The number of ketones is 1. The lowest BCUT2D eigenvalue weighted by Gasteiger charge is -2.26. The summed E-state index contributed by atoms with van der Waals surface area (Å²) in [6.45, 7) is 5.86. The fourth-order valence-electron chi connectivity index (χ4n) is 2.83. The number of benzene rings is 1.